The first-order chi connectivity index (χ1) is 17.5. The molecule has 37 heavy (non-hydrogen) atoms. The van der Waals surface area contributed by atoms with Crippen molar-refractivity contribution in [1.82, 2.24) is 15.1 Å². The predicted molar refractivity (Wildman–Crippen MR) is 152 cm³/mol. The van der Waals surface area contributed by atoms with E-state index >= 15 is 0 Å². The molecule has 1 aromatic carbocycles. The van der Waals surface area contributed by atoms with Gasteiger partial charge in [-0.25, -0.2) is 4.68 Å². The van der Waals surface area contributed by atoms with Gasteiger partial charge in [0.25, 0.3) is 5.91 Å². The number of aliphatic hydroxyl groups is 1. The van der Waals surface area contributed by atoms with E-state index in [-0.39, 0.29) is 18.1 Å². The van der Waals surface area contributed by atoms with Gasteiger partial charge in [-0.3, -0.25) is 4.79 Å². The summed E-state index contributed by atoms with van der Waals surface area (Å²) >= 11 is 6.27. The molecule has 0 saturated heterocycles. The molecule has 0 aliphatic rings. The number of allylic oxidation sites excluding steroid dienone is 4. The van der Waals surface area contributed by atoms with Gasteiger partial charge in [-0.2, -0.15) is 5.10 Å². The molecule has 0 fully saturated rings. The van der Waals surface area contributed by atoms with Crippen LogP contribution in [0.15, 0.2) is 73.0 Å². The van der Waals surface area contributed by atoms with Gasteiger partial charge in [-0.1, -0.05) is 61.5 Å². The van der Waals surface area contributed by atoms with Crippen molar-refractivity contribution in [2.75, 3.05) is 6.61 Å². The standard InChI is InChI=1S/C26H34ClN3O3.C2H4.CH2O/c1-8-10-11-21(27)18(4)33-25-17(3)23(29-30(25)26(5,6)7)24(32)28-22(16-31)20-14-12-19(9-2)13-15-20;2*1-2/h8,10-15,22,31H,4,9,16H2,1-3,5-7H3,(H,28,32);1-2H2;1H2/b10-8-,21-11+;;. The maximum Gasteiger partial charge on any atom is 0.272 e. The second-order valence-corrected chi connectivity index (χ2v) is 9.14. The Kier molecular flexibility index (Phi) is 14.8. The van der Waals surface area contributed by atoms with Crippen molar-refractivity contribution in [3.8, 4) is 5.88 Å². The maximum absolute atomic E-state index is 13.2. The molecule has 0 aliphatic heterocycles. The lowest BCUT2D eigenvalue weighted by molar-refractivity contribution is -0.0980. The summed E-state index contributed by atoms with van der Waals surface area (Å²) < 4.78 is 7.62. The zero-order valence-corrected chi connectivity index (χ0v) is 23.6. The molecule has 0 radical (unpaired) electrons. The zero-order valence-electron chi connectivity index (χ0n) is 22.8. The van der Waals surface area contributed by atoms with Crippen molar-refractivity contribution in [3.63, 3.8) is 0 Å². The van der Waals surface area contributed by atoms with Crippen molar-refractivity contribution in [2.45, 2.75) is 59.5 Å². The zero-order chi connectivity index (χ0) is 28.8. The van der Waals surface area contributed by atoms with E-state index in [1.807, 2.05) is 64.8 Å². The van der Waals surface area contributed by atoms with E-state index in [4.69, 9.17) is 21.1 Å². The first kappa shape index (κ1) is 33.6. The molecule has 7 nitrogen and oxygen atoms in total. The maximum atomic E-state index is 13.2. The minimum atomic E-state index is -0.555. The predicted octanol–water partition coefficient (Wildman–Crippen LogP) is 6.18. The number of carbonyl (C=O) groups excluding carboxylic acids is 2. The summed E-state index contributed by atoms with van der Waals surface area (Å²) in [6.45, 7) is 23.3. The molecule has 1 aromatic heterocycles. The van der Waals surface area contributed by atoms with Crippen molar-refractivity contribution in [3.05, 3.63) is 95.4 Å². The number of hydrogen-bond acceptors (Lipinski definition) is 5. The molecule has 0 saturated carbocycles. The minimum Gasteiger partial charge on any atom is -0.438 e. The van der Waals surface area contributed by atoms with Crippen LogP contribution in [0.1, 0.15) is 67.8 Å². The number of nitrogens with one attached hydrogen (secondary N) is 1. The highest BCUT2D eigenvalue weighted by atomic mass is 35.5. The molecule has 1 unspecified atom stereocenters. The number of aliphatic hydroxyl groups excluding tert-OH is 1. The van der Waals surface area contributed by atoms with Gasteiger partial charge in [0, 0.05) is 5.56 Å². The summed E-state index contributed by atoms with van der Waals surface area (Å²) in [4.78, 5) is 21.2. The Bertz CT molecular complexity index is 1080. The van der Waals surface area contributed by atoms with Crippen LogP contribution < -0.4 is 10.1 Å². The number of ether oxygens (including phenoxy) is 1. The Morgan fingerprint density at radius 1 is 1.24 bits per heavy atom. The number of rotatable bonds is 9. The van der Waals surface area contributed by atoms with Crippen LogP contribution in [0.3, 0.4) is 0 Å². The third-order valence-electron chi connectivity index (χ3n) is 5.12. The van der Waals surface area contributed by atoms with Crippen molar-refractivity contribution in [1.29, 1.82) is 0 Å². The van der Waals surface area contributed by atoms with E-state index < -0.39 is 17.5 Å². The van der Waals surface area contributed by atoms with Gasteiger partial charge in [0.1, 0.15) is 12.5 Å². The van der Waals surface area contributed by atoms with Crippen LogP contribution in [-0.4, -0.2) is 34.2 Å². The minimum absolute atomic E-state index is 0.213. The molecule has 1 amide bonds. The van der Waals surface area contributed by atoms with E-state index in [1.165, 1.54) is 5.56 Å². The lowest BCUT2D eigenvalue weighted by Gasteiger charge is -2.22. The average Bonchev–Trinajstić information content (AvgIpc) is 3.24. The van der Waals surface area contributed by atoms with Gasteiger partial charge in [0.2, 0.25) is 5.88 Å². The second kappa shape index (κ2) is 16.3. The largest absolute Gasteiger partial charge is 0.438 e. The number of halogens is 1. The molecule has 2 aromatic rings. The first-order valence-corrected chi connectivity index (χ1v) is 12.2. The van der Waals surface area contributed by atoms with Gasteiger partial charge in [-0.15, -0.1) is 13.2 Å². The highest BCUT2D eigenvalue weighted by Gasteiger charge is 2.29. The Labute approximate surface area is 226 Å². The number of nitrogens with zero attached hydrogens (tertiary/aromatic N) is 2. The molecule has 1 heterocycles. The lowest BCUT2D eigenvalue weighted by atomic mass is 10.0. The van der Waals surface area contributed by atoms with E-state index in [1.54, 1.807) is 23.8 Å². The molecule has 1 atom stereocenters. The topological polar surface area (TPSA) is 93.4 Å². The van der Waals surface area contributed by atoms with Crippen molar-refractivity contribution in [2.24, 2.45) is 0 Å². The summed E-state index contributed by atoms with van der Waals surface area (Å²) in [5, 5.41) is 17.7. The molecule has 0 spiro atoms. The quantitative estimate of drug-likeness (QED) is 0.230. The molecule has 2 rings (SSSR count). The highest BCUT2D eigenvalue weighted by Crippen LogP contribution is 2.31. The van der Waals surface area contributed by atoms with Crippen LogP contribution in [0.4, 0.5) is 0 Å². The van der Waals surface area contributed by atoms with Gasteiger partial charge in [0.05, 0.1) is 23.2 Å². The van der Waals surface area contributed by atoms with Crippen molar-refractivity contribution < 1.29 is 19.4 Å². The highest BCUT2D eigenvalue weighted by molar-refractivity contribution is 6.31. The van der Waals surface area contributed by atoms with Crippen LogP contribution in [0.25, 0.3) is 0 Å². The molecule has 0 bridgehead atoms. The van der Waals surface area contributed by atoms with Crippen LogP contribution >= 0.6 is 11.6 Å². The fourth-order valence-electron chi connectivity index (χ4n) is 3.16. The number of amides is 1. The SMILES string of the molecule is C=C.C=C(Oc1c(C)c(C(=O)NC(CO)c2ccc(CC)cc2)nn1C(C)(C)C)/C(Cl)=C\C=C/C.C=O. The number of carbonyl (C=O) groups is 2. The van der Waals surface area contributed by atoms with E-state index in [0.717, 1.165) is 12.0 Å². The monoisotopic (exact) mass is 529 g/mol. The molecular weight excluding hydrogens is 490 g/mol. The van der Waals surface area contributed by atoms with Crippen LogP contribution in [0.5, 0.6) is 5.88 Å². The van der Waals surface area contributed by atoms with Crippen LogP contribution in [-0.2, 0) is 16.8 Å². The number of aromatic nitrogens is 2. The Morgan fingerprint density at radius 2 is 1.81 bits per heavy atom. The Morgan fingerprint density at radius 3 is 2.27 bits per heavy atom. The summed E-state index contributed by atoms with van der Waals surface area (Å²) in [5.41, 5.74) is 2.31. The van der Waals surface area contributed by atoms with E-state index in [2.05, 4.69) is 37.1 Å². The Balaban J connectivity index is 0.00000308. The summed E-state index contributed by atoms with van der Waals surface area (Å²) in [5.74, 6) is 0.233. The molecule has 2 N–H and O–H groups in total. The smallest absolute Gasteiger partial charge is 0.272 e. The summed E-state index contributed by atoms with van der Waals surface area (Å²) in [7, 11) is 0. The second-order valence-electron chi connectivity index (χ2n) is 8.73. The fraction of sp³-hybridized carbons (Fsp3) is 0.345. The third-order valence-corrected chi connectivity index (χ3v) is 5.46. The van der Waals surface area contributed by atoms with Crippen LogP contribution in [0.2, 0.25) is 0 Å². The summed E-state index contributed by atoms with van der Waals surface area (Å²) in [6.07, 6.45) is 6.23. The molecule has 0 aliphatic carbocycles. The average molecular weight is 530 g/mol. The van der Waals surface area contributed by atoms with Gasteiger partial charge in [-0.05, 0) is 58.2 Å². The van der Waals surface area contributed by atoms with Gasteiger partial charge >= 0.3 is 0 Å². The third kappa shape index (κ3) is 9.52. The first-order valence-electron chi connectivity index (χ1n) is 11.8. The number of benzene rings is 1. The Hall–Kier alpha value is -3.42. The molecule has 202 valence electrons. The fourth-order valence-corrected chi connectivity index (χ4v) is 3.27. The molecule has 8 heteroatoms. The number of hydrogen-bond donors (Lipinski definition) is 2. The summed E-state index contributed by atoms with van der Waals surface area (Å²) in [6, 6.07) is 7.26. The van der Waals surface area contributed by atoms with E-state index in [0.29, 0.717) is 16.5 Å². The van der Waals surface area contributed by atoms with E-state index in [9.17, 15) is 9.90 Å². The lowest BCUT2D eigenvalue weighted by Crippen LogP contribution is -2.32. The van der Waals surface area contributed by atoms with Gasteiger partial charge in [0.15, 0.2) is 5.69 Å². The van der Waals surface area contributed by atoms with Crippen LogP contribution in [0, 0.1) is 6.92 Å². The number of aryl methyl sites for hydroxylation is 1. The normalized spacial score (nSPS) is 12.1. The van der Waals surface area contributed by atoms with Crippen molar-refractivity contribution >= 4 is 24.3 Å². The molecular formula is C29H40ClN3O4. The van der Waals surface area contributed by atoms with Gasteiger partial charge < -0.3 is 20.0 Å².